The molecule has 9 nitrogen and oxygen atoms in total. The van der Waals surface area contributed by atoms with E-state index in [1.54, 1.807) is 4.90 Å². The third-order valence-electron chi connectivity index (χ3n) is 8.66. The van der Waals surface area contributed by atoms with E-state index in [9.17, 15) is 19.2 Å². The van der Waals surface area contributed by atoms with Crippen LogP contribution in [0.4, 0.5) is 5.69 Å². The van der Waals surface area contributed by atoms with E-state index >= 15 is 0 Å². The first-order chi connectivity index (χ1) is 16.9. The number of imide groups is 1. The Morgan fingerprint density at radius 2 is 1.77 bits per heavy atom. The second kappa shape index (κ2) is 8.62. The molecule has 4 saturated heterocycles. The Balaban J connectivity index is 1.04. The number of fused-ring (bicyclic) bond motifs is 1. The summed E-state index contributed by atoms with van der Waals surface area (Å²) in [6.07, 6.45) is 5.14. The summed E-state index contributed by atoms with van der Waals surface area (Å²) < 4.78 is 0. The summed E-state index contributed by atoms with van der Waals surface area (Å²) in [5.74, 6) is -0.502. The lowest BCUT2D eigenvalue weighted by atomic mass is 9.71. The largest absolute Gasteiger partial charge is 0.370 e. The zero-order valence-electron chi connectivity index (χ0n) is 20.1. The average molecular weight is 480 g/mol. The summed E-state index contributed by atoms with van der Waals surface area (Å²) in [6, 6.07) is 5.39. The number of anilines is 1. The van der Waals surface area contributed by atoms with Gasteiger partial charge in [0.1, 0.15) is 6.04 Å². The summed E-state index contributed by atoms with van der Waals surface area (Å²) in [7, 11) is 0. The smallest absolute Gasteiger partial charge is 0.255 e. The molecule has 4 amide bonds. The summed E-state index contributed by atoms with van der Waals surface area (Å²) in [4.78, 5) is 57.7. The molecular formula is C26H33N5O4. The maximum atomic E-state index is 12.9. The van der Waals surface area contributed by atoms with Crippen molar-refractivity contribution in [3.63, 3.8) is 0 Å². The van der Waals surface area contributed by atoms with Gasteiger partial charge in [0, 0.05) is 55.8 Å². The molecule has 186 valence electrons. The summed E-state index contributed by atoms with van der Waals surface area (Å²) in [5, 5.41) is 2.36. The fourth-order valence-electron chi connectivity index (χ4n) is 6.48. The quantitative estimate of drug-likeness (QED) is 0.647. The van der Waals surface area contributed by atoms with Gasteiger partial charge in [-0.25, -0.2) is 0 Å². The van der Waals surface area contributed by atoms with Gasteiger partial charge in [-0.2, -0.15) is 0 Å². The number of hydrogen-bond donors (Lipinski definition) is 1. The van der Waals surface area contributed by atoms with Crippen molar-refractivity contribution in [1.82, 2.24) is 20.0 Å². The monoisotopic (exact) mass is 479 g/mol. The Hall–Kier alpha value is -2.94. The third-order valence-corrected chi connectivity index (χ3v) is 8.66. The van der Waals surface area contributed by atoms with Crippen molar-refractivity contribution >= 4 is 29.3 Å². The number of nitrogens with zero attached hydrogens (tertiary/aromatic N) is 4. The molecule has 1 unspecified atom stereocenters. The molecule has 0 saturated carbocycles. The summed E-state index contributed by atoms with van der Waals surface area (Å²) >= 11 is 0. The lowest BCUT2D eigenvalue weighted by Crippen LogP contribution is -2.61. The highest BCUT2D eigenvalue weighted by molar-refractivity contribution is 6.05. The third kappa shape index (κ3) is 4.09. The number of amides is 4. The van der Waals surface area contributed by atoms with E-state index < -0.39 is 6.04 Å². The van der Waals surface area contributed by atoms with Crippen LogP contribution in [0.1, 0.15) is 54.4 Å². The minimum absolute atomic E-state index is 0.132. The fourth-order valence-corrected chi connectivity index (χ4v) is 6.48. The van der Waals surface area contributed by atoms with Gasteiger partial charge >= 0.3 is 0 Å². The van der Waals surface area contributed by atoms with Gasteiger partial charge in [-0.05, 0) is 69.0 Å². The molecule has 0 bridgehead atoms. The average Bonchev–Trinajstić information content (AvgIpc) is 3.45. The van der Waals surface area contributed by atoms with Crippen LogP contribution in [0.15, 0.2) is 18.2 Å². The molecule has 4 fully saturated rings. The van der Waals surface area contributed by atoms with Crippen LogP contribution in [0.3, 0.4) is 0 Å². The molecule has 0 radical (unpaired) electrons. The number of hydrogen-bond acceptors (Lipinski definition) is 6. The Bertz CT molecular complexity index is 1070. The van der Waals surface area contributed by atoms with Crippen LogP contribution in [-0.2, 0) is 20.9 Å². The first-order valence-corrected chi connectivity index (χ1v) is 12.9. The SMILES string of the molecule is O=C1CCC(N2Cc3cc(N4CC5(CCN(C(=O)CN6CCCC6)CC5)C4)ccc3C2=O)C(=O)N1. The molecule has 1 atom stereocenters. The molecule has 5 aliphatic rings. The van der Waals surface area contributed by atoms with Crippen molar-refractivity contribution in [2.75, 3.05) is 50.7 Å². The van der Waals surface area contributed by atoms with Crippen LogP contribution in [0, 0.1) is 5.41 Å². The highest BCUT2D eigenvalue weighted by Gasteiger charge is 2.46. The topological polar surface area (TPSA) is 93.3 Å². The van der Waals surface area contributed by atoms with E-state index in [4.69, 9.17) is 0 Å². The van der Waals surface area contributed by atoms with Gasteiger partial charge < -0.3 is 14.7 Å². The van der Waals surface area contributed by atoms with E-state index in [-0.39, 0.29) is 35.5 Å². The van der Waals surface area contributed by atoms with Crippen molar-refractivity contribution < 1.29 is 19.2 Å². The molecular weight excluding hydrogens is 446 g/mol. The molecule has 0 aromatic heterocycles. The summed E-state index contributed by atoms with van der Waals surface area (Å²) in [5.41, 5.74) is 2.98. The Kier molecular flexibility index (Phi) is 5.55. The van der Waals surface area contributed by atoms with Crippen molar-refractivity contribution in [2.45, 2.75) is 51.1 Å². The number of likely N-dealkylation sites (tertiary alicyclic amines) is 2. The van der Waals surface area contributed by atoms with Gasteiger partial charge in [0.2, 0.25) is 17.7 Å². The van der Waals surface area contributed by atoms with Crippen LogP contribution in [0.25, 0.3) is 0 Å². The first kappa shape index (κ1) is 22.5. The van der Waals surface area contributed by atoms with E-state index in [0.29, 0.717) is 25.1 Å². The maximum absolute atomic E-state index is 12.9. The van der Waals surface area contributed by atoms with E-state index in [1.165, 1.54) is 12.8 Å². The lowest BCUT2D eigenvalue weighted by molar-refractivity contribution is -0.137. The zero-order chi connectivity index (χ0) is 24.2. The predicted octanol–water partition coefficient (Wildman–Crippen LogP) is 0.972. The van der Waals surface area contributed by atoms with Crippen LogP contribution in [-0.4, -0.2) is 90.2 Å². The Labute approximate surface area is 205 Å². The van der Waals surface area contributed by atoms with Crippen LogP contribution in [0.5, 0.6) is 0 Å². The minimum Gasteiger partial charge on any atom is -0.370 e. The molecule has 1 aromatic rings. The lowest BCUT2D eigenvalue weighted by Gasteiger charge is -2.55. The number of benzene rings is 1. The fraction of sp³-hybridized carbons (Fsp3) is 0.615. The molecule has 9 heteroatoms. The van der Waals surface area contributed by atoms with Gasteiger partial charge in [-0.15, -0.1) is 0 Å². The van der Waals surface area contributed by atoms with Gasteiger partial charge in [-0.3, -0.25) is 29.4 Å². The number of carbonyl (C=O) groups is 4. The highest BCUT2D eigenvalue weighted by Crippen LogP contribution is 2.43. The van der Waals surface area contributed by atoms with Gasteiger partial charge in [0.15, 0.2) is 0 Å². The zero-order valence-corrected chi connectivity index (χ0v) is 20.1. The van der Waals surface area contributed by atoms with Gasteiger partial charge in [0.25, 0.3) is 5.91 Å². The van der Waals surface area contributed by atoms with Crippen molar-refractivity contribution in [2.24, 2.45) is 5.41 Å². The molecule has 1 aromatic carbocycles. The highest BCUT2D eigenvalue weighted by atomic mass is 16.2. The maximum Gasteiger partial charge on any atom is 0.255 e. The normalized spacial score (nSPS) is 26.2. The standard InChI is InChI=1S/C26H33N5O4/c32-22-6-5-21(24(34)27-22)31-14-18-13-19(3-4-20(18)25(31)35)30-16-26(17-30)7-11-29(12-8-26)23(33)15-28-9-1-2-10-28/h3-4,13,21H,1-2,5-12,14-17H2,(H,27,32,34). The Morgan fingerprint density at radius 1 is 1.03 bits per heavy atom. The number of piperidine rings is 2. The second-order valence-electron chi connectivity index (χ2n) is 11.0. The minimum atomic E-state index is -0.582. The van der Waals surface area contributed by atoms with Crippen molar-refractivity contribution in [3.05, 3.63) is 29.3 Å². The molecule has 5 aliphatic heterocycles. The number of nitrogens with one attached hydrogen (secondary N) is 1. The molecule has 5 heterocycles. The molecule has 0 aliphatic carbocycles. The Morgan fingerprint density at radius 3 is 2.49 bits per heavy atom. The molecule has 1 spiro atoms. The van der Waals surface area contributed by atoms with Crippen molar-refractivity contribution in [3.8, 4) is 0 Å². The van der Waals surface area contributed by atoms with E-state index in [0.717, 1.165) is 63.4 Å². The van der Waals surface area contributed by atoms with Crippen molar-refractivity contribution in [1.29, 1.82) is 0 Å². The number of carbonyl (C=O) groups excluding carboxylic acids is 4. The van der Waals surface area contributed by atoms with E-state index in [2.05, 4.69) is 26.1 Å². The molecule has 1 N–H and O–H groups in total. The molecule has 35 heavy (non-hydrogen) atoms. The van der Waals surface area contributed by atoms with Gasteiger partial charge in [-0.1, -0.05) is 0 Å². The summed E-state index contributed by atoms with van der Waals surface area (Å²) in [6.45, 7) is 6.73. The van der Waals surface area contributed by atoms with Crippen LogP contribution >= 0.6 is 0 Å². The van der Waals surface area contributed by atoms with Gasteiger partial charge in [0.05, 0.1) is 6.54 Å². The second-order valence-corrected chi connectivity index (χ2v) is 11.0. The van der Waals surface area contributed by atoms with E-state index in [1.807, 2.05) is 12.1 Å². The molecule has 6 rings (SSSR count). The number of rotatable bonds is 4. The van der Waals surface area contributed by atoms with Crippen LogP contribution in [0.2, 0.25) is 0 Å². The van der Waals surface area contributed by atoms with Crippen LogP contribution < -0.4 is 10.2 Å². The first-order valence-electron chi connectivity index (χ1n) is 12.9. The predicted molar refractivity (Wildman–Crippen MR) is 129 cm³/mol.